The van der Waals surface area contributed by atoms with Crippen LogP contribution in [0.3, 0.4) is 0 Å². The fourth-order valence-electron chi connectivity index (χ4n) is 3.94. The van der Waals surface area contributed by atoms with Crippen molar-refractivity contribution in [1.29, 1.82) is 0 Å². The van der Waals surface area contributed by atoms with E-state index in [4.69, 9.17) is 0 Å². The maximum atomic E-state index is 13.1. The fourth-order valence-corrected chi connectivity index (χ4v) is 3.94. The molecule has 0 saturated carbocycles. The van der Waals surface area contributed by atoms with Gasteiger partial charge in [0.1, 0.15) is 18.5 Å². The Kier molecular flexibility index (Phi) is 5.59. The lowest BCUT2D eigenvalue weighted by atomic mass is 9.96. The van der Waals surface area contributed by atoms with Crippen LogP contribution in [0.25, 0.3) is 11.3 Å². The molecule has 0 unspecified atom stereocenters. The van der Waals surface area contributed by atoms with Crippen LogP contribution in [-0.2, 0) is 17.5 Å². The number of fused-ring (bicyclic) bond motifs is 1. The molecule has 0 spiro atoms. The number of hydrogen-bond donors (Lipinski definition) is 1. The van der Waals surface area contributed by atoms with Crippen molar-refractivity contribution in [2.75, 3.05) is 18.0 Å². The molecule has 1 saturated heterocycles. The molecule has 4 heterocycles. The Labute approximate surface area is 191 Å². The number of carbonyl (C=O) groups excluding carboxylic acids is 1. The SMILES string of the molecule is O=C(NCc1ccc(-n2cncn2)cc1)C1CCN(c2ccc3nnc(C(F)(F)F)n3n2)CC1. The topological polar surface area (TPSA) is 106 Å². The summed E-state index contributed by atoms with van der Waals surface area (Å²) in [4.78, 5) is 18.4. The average molecular weight is 471 g/mol. The summed E-state index contributed by atoms with van der Waals surface area (Å²) in [5.74, 6) is -0.978. The van der Waals surface area contributed by atoms with E-state index in [1.54, 1.807) is 17.1 Å². The summed E-state index contributed by atoms with van der Waals surface area (Å²) in [5.41, 5.74) is 1.86. The van der Waals surface area contributed by atoms with Gasteiger partial charge in [0.15, 0.2) is 5.65 Å². The summed E-state index contributed by atoms with van der Waals surface area (Å²) < 4.78 is 41.7. The van der Waals surface area contributed by atoms with Gasteiger partial charge in [0, 0.05) is 25.6 Å². The number of halogens is 3. The smallest absolute Gasteiger partial charge is 0.355 e. The minimum absolute atomic E-state index is 0.0275. The zero-order valence-corrected chi connectivity index (χ0v) is 17.9. The highest BCUT2D eigenvalue weighted by molar-refractivity contribution is 5.79. The number of alkyl halides is 3. The number of aromatic nitrogens is 7. The third-order valence-corrected chi connectivity index (χ3v) is 5.78. The molecule has 1 fully saturated rings. The average Bonchev–Trinajstić information content (AvgIpc) is 3.53. The molecular weight excluding hydrogens is 451 g/mol. The minimum Gasteiger partial charge on any atom is -0.355 e. The molecule has 0 radical (unpaired) electrons. The normalized spacial score (nSPS) is 15.1. The number of nitrogens with one attached hydrogen (secondary N) is 1. The Balaban J connectivity index is 1.16. The van der Waals surface area contributed by atoms with E-state index < -0.39 is 12.0 Å². The summed E-state index contributed by atoms with van der Waals surface area (Å²) in [6.07, 6.45) is -0.427. The quantitative estimate of drug-likeness (QED) is 0.476. The lowest BCUT2D eigenvalue weighted by molar-refractivity contribution is -0.146. The molecule has 1 aromatic carbocycles. The molecule has 1 aliphatic rings. The molecule has 4 aromatic rings. The van der Waals surface area contributed by atoms with Crippen LogP contribution in [0, 0.1) is 5.92 Å². The van der Waals surface area contributed by atoms with Crippen LogP contribution in [0.2, 0.25) is 0 Å². The number of rotatable bonds is 5. The van der Waals surface area contributed by atoms with Crippen LogP contribution in [-0.4, -0.2) is 53.6 Å². The molecule has 1 N–H and O–H groups in total. The second-order valence-corrected chi connectivity index (χ2v) is 7.97. The van der Waals surface area contributed by atoms with Gasteiger partial charge >= 0.3 is 6.18 Å². The Morgan fingerprint density at radius 1 is 1.06 bits per heavy atom. The Morgan fingerprint density at radius 2 is 1.82 bits per heavy atom. The van der Waals surface area contributed by atoms with E-state index in [1.807, 2.05) is 29.2 Å². The molecule has 10 nitrogen and oxygen atoms in total. The molecule has 1 amide bonds. The first-order valence-electron chi connectivity index (χ1n) is 10.6. The zero-order chi connectivity index (χ0) is 23.7. The van der Waals surface area contributed by atoms with Crippen LogP contribution in [0.1, 0.15) is 24.2 Å². The Morgan fingerprint density at radius 3 is 2.50 bits per heavy atom. The molecular formula is C21H20F3N9O. The van der Waals surface area contributed by atoms with Crippen molar-refractivity contribution in [3.05, 3.63) is 60.4 Å². The van der Waals surface area contributed by atoms with E-state index in [2.05, 4.69) is 30.7 Å². The molecule has 0 atom stereocenters. The van der Waals surface area contributed by atoms with Crippen molar-refractivity contribution in [2.24, 2.45) is 5.92 Å². The van der Waals surface area contributed by atoms with E-state index >= 15 is 0 Å². The lowest BCUT2D eigenvalue weighted by Crippen LogP contribution is -2.40. The van der Waals surface area contributed by atoms with Crippen molar-refractivity contribution < 1.29 is 18.0 Å². The number of carbonyl (C=O) groups is 1. The van der Waals surface area contributed by atoms with Gasteiger partial charge in [0.05, 0.1) is 5.69 Å². The second-order valence-electron chi connectivity index (χ2n) is 7.97. The van der Waals surface area contributed by atoms with Crippen molar-refractivity contribution in [3.8, 4) is 5.69 Å². The molecule has 13 heteroatoms. The molecule has 34 heavy (non-hydrogen) atoms. The van der Waals surface area contributed by atoms with Crippen molar-refractivity contribution in [3.63, 3.8) is 0 Å². The summed E-state index contributed by atoms with van der Waals surface area (Å²) in [6.45, 7) is 1.42. The van der Waals surface area contributed by atoms with Gasteiger partial charge in [0.25, 0.3) is 5.82 Å². The lowest BCUT2D eigenvalue weighted by Gasteiger charge is -2.32. The number of benzene rings is 1. The number of hydrogen-bond acceptors (Lipinski definition) is 7. The predicted octanol–water partition coefficient (Wildman–Crippen LogP) is 2.26. The van der Waals surface area contributed by atoms with Gasteiger partial charge in [-0.05, 0) is 42.7 Å². The predicted molar refractivity (Wildman–Crippen MR) is 114 cm³/mol. The van der Waals surface area contributed by atoms with Crippen LogP contribution in [0.5, 0.6) is 0 Å². The fraction of sp³-hybridized carbons (Fsp3) is 0.333. The maximum Gasteiger partial charge on any atom is 0.453 e. The largest absolute Gasteiger partial charge is 0.453 e. The zero-order valence-electron chi connectivity index (χ0n) is 17.9. The van der Waals surface area contributed by atoms with Gasteiger partial charge in [-0.25, -0.2) is 9.67 Å². The van der Waals surface area contributed by atoms with Gasteiger partial charge in [-0.1, -0.05) is 12.1 Å². The highest BCUT2D eigenvalue weighted by Crippen LogP contribution is 2.28. The van der Waals surface area contributed by atoms with Crippen molar-refractivity contribution in [2.45, 2.75) is 25.6 Å². The molecule has 5 rings (SSSR count). The van der Waals surface area contributed by atoms with Gasteiger partial charge in [-0.3, -0.25) is 4.79 Å². The monoisotopic (exact) mass is 471 g/mol. The second kappa shape index (κ2) is 8.72. The number of amides is 1. The molecule has 3 aromatic heterocycles. The van der Waals surface area contributed by atoms with Gasteiger partial charge in [0.2, 0.25) is 5.91 Å². The van der Waals surface area contributed by atoms with E-state index in [-0.39, 0.29) is 17.5 Å². The number of anilines is 1. The minimum atomic E-state index is -4.65. The number of piperidine rings is 1. The third-order valence-electron chi connectivity index (χ3n) is 5.78. The highest BCUT2D eigenvalue weighted by atomic mass is 19.4. The summed E-state index contributed by atoms with van der Waals surface area (Å²) in [7, 11) is 0. The van der Waals surface area contributed by atoms with Gasteiger partial charge < -0.3 is 10.2 Å². The molecule has 1 aliphatic heterocycles. The van der Waals surface area contributed by atoms with Crippen LogP contribution >= 0.6 is 0 Å². The van der Waals surface area contributed by atoms with E-state index in [1.165, 1.54) is 12.4 Å². The van der Waals surface area contributed by atoms with Crippen LogP contribution < -0.4 is 10.2 Å². The van der Waals surface area contributed by atoms with Gasteiger partial charge in [-0.15, -0.1) is 15.3 Å². The van der Waals surface area contributed by atoms with Crippen molar-refractivity contribution in [1.82, 2.24) is 39.9 Å². The van der Waals surface area contributed by atoms with Gasteiger partial charge in [-0.2, -0.15) is 22.8 Å². The highest BCUT2D eigenvalue weighted by Gasteiger charge is 2.38. The molecule has 0 aliphatic carbocycles. The first kappa shape index (κ1) is 21.8. The van der Waals surface area contributed by atoms with E-state index in [0.717, 1.165) is 11.3 Å². The van der Waals surface area contributed by atoms with E-state index in [9.17, 15) is 18.0 Å². The summed E-state index contributed by atoms with van der Waals surface area (Å²) >= 11 is 0. The number of nitrogens with zero attached hydrogens (tertiary/aromatic N) is 8. The van der Waals surface area contributed by atoms with Crippen LogP contribution in [0.4, 0.5) is 19.0 Å². The standard InChI is InChI=1S/C21H20F3N9O/c22-21(23,24)20-29-28-17-5-6-18(30-33(17)20)31-9-7-15(8-10-31)19(34)26-11-14-1-3-16(4-2-14)32-13-25-12-27-32/h1-6,12-13,15H,7-11H2,(H,26,34). The summed E-state index contributed by atoms with van der Waals surface area (Å²) in [5, 5.41) is 17.8. The third kappa shape index (κ3) is 4.40. The van der Waals surface area contributed by atoms with Crippen LogP contribution in [0.15, 0.2) is 49.1 Å². The molecule has 176 valence electrons. The first-order chi connectivity index (χ1) is 16.4. The maximum absolute atomic E-state index is 13.1. The van der Waals surface area contributed by atoms with Crippen molar-refractivity contribution >= 4 is 17.4 Å². The summed E-state index contributed by atoms with van der Waals surface area (Å²) in [6, 6.07) is 10.7. The van der Waals surface area contributed by atoms with E-state index in [0.29, 0.717) is 42.8 Å². The molecule has 0 bridgehead atoms. The Bertz CT molecular complexity index is 1280. The Hall–Kier alpha value is -4.03. The first-order valence-corrected chi connectivity index (χ1v) is 10.6.